The van der Waals surface area contributed by atoms with Crippen molar-refractivity contribution < 1.29 is 23.8 Å². The number of methoxy groups -OCH3 is 1. The van der Waals surface area contributed by atoms with E-state index in [9.17, 15) is 14.7 Å². The summed E-state index contributed by atoms with van der Waals surface area (Å²) in [7, 11) is 1.64. The zero-order chi connectivity index (χ0) is 22.7. The fourth-order valence-corrected chi connectivity index (χ4v) is 4.40. The number of nitrogens with zero attached hydrogens (tertiary/aromatic N) is 1. The van der Waals surface area contributed by atoms with Gasteiger partial charge < -0.3 is 28.9 Å². The Kier molecular flexibility index (Phi) is 6.23. The fraction of sp³-hybridized carbons (Fsp3) is 0.417. The molecule has 1 amide bonds. The number of aromatic nitrogens is 1. The van der Waals surface area contributed by atoms with Gasteiger partial charge in [-0.1, -0.05) is 0 Å². The molecule has 1 aliphatic rings. The maximum atomic E-state index is 12.9. The Morgan fingerprint density at radius 3 is 2.78 bits per heavy atom. The van der Waals surface area contributed by atoms with Crippen LogP contribution in [-0.2, 0) is 21.5 Å². The molecular weight excluding hydrogens is 412 g/mol. The first-order valence-corrected chi connectivity index (χ1v) is 10.7. The van der Waals surface area contributed by atoms with Crippen LogP contribution in [0.1, 0.15) is 30.8 Å². The molecule has 3 heterocycles. The van der Waals surface area contributed by atoms with Crippen molar-refractivity contribution >= 4 is 16.8 Å². The van der Waals surface area contributed by atoms with Crippen LogP contribution in [0.3, 0.4) is 0 Å². The maximum Gasteiger partial charge on any atom is 0.227 e. The number of carbonyl (C=O) groups excluding carboxylic acids is 1. The Labute approximate surface area is 185 Å². The molecular formula is C24H28N2O6. The second kappa shape index (κ2) is 9.08. The highest BCUT2D eigenvalue weighted by Gasteiger charge is 2.41. The Morgan fingerprint density at radius 2 is 2.03 bits per heavy atom. The third kappa shape index (κ3) is 4.36. The highest BCUT2D eigenvalue weighted by Crippen LogP contribution is 2.41. The highest BCUT2D eigenvalue weighted by atomic mass is 16.5. The summed E-state index contributed by atoms with van der Waals surface area (Å²) in [5.74, 6) is 0.820. The van der Waals surface area contributed by atoms with Crippen molar-refractivity contribution in [2.24, 2.45) is 0 Å². The van der Waals surface area contributed by atoms with Crippen molar-refractivity contribution in [3.05, 3.63) is 58.3 Å². The van der Waals surface area contributed by atoms with E-state index in [1.807, 2.05) is 30.5 Å². The van der Waals surface area contributed by atoms with Gasteiger partial charge in [-0.05, 0) is 44.0 Å². The Morgan fingerprint density at radius 1 is 1.25 bits per heavy atom. The van der Waals surface area contributed by atoms with E-state index in [-0.39, 0.29) is 18.1 Å². The Hall–Kier alpha value is -3.26. The van der Waals surface area contributed by atoms with Gasteiger partial charge in [-0.3, -0.25) is 9.59 Å². The number of ether oxygens (including phenoxy) is 2. The molecule has 2 aromatic heterocycles. The van der Waals surface area contributed by atoms with E-state index in [0.29, 0.717) is 44.9 Å². The zero-order valence-corrected chi connectivity index (χ0v) is 18.3. The van der Waals surface area contributed by atoms with Gasteiger partial charge in [0, 0.05) is 61.3 Å². The van der Waals surface area contributed by atoms with E-state index in [0.717, 1.165) is 16.7 Å². The predicted octanol–water partition coefficient (Wildman–Crippen LogP) is 2.87. The number of carbonyl (C=O) groups is 1. The molecule has 32 heavy (non-hydrogen) atoms. The summed E-state index contributed by atoms with van der Waals surface area (Å²) in [5, 5.41) is 14.4. The maximum absolute atomic E-state index is 12.9. The lowest BCUT2D eigenvalue weighted by Gasteiger charge is -2.35. The standard InChI is InChI=1S/C24H28N2O6/c1-16-13-20(27)22(29)23(32-16)24(6-11-31-12-7-24)15-21(28)25-8-10-26-9-5-17-14-18(30-2)3-4-19(17)26/h3-5,9,13-14,29H,6-8,10-12,15H2,1-2H3,(H,25,28). The normalized spacial score (nSPS) is 15.6. The third-order valence-electron chi connectivity index (χ3n) is 6.13. The molecule has 8 heteroatoms. The molecule has 0 saturated carbocycles. The van der Waals surface area contributed by atoms with E-state index in [4.69, 9.17) is 13.9 Å². The smallest absolute Gasteiger partial charge is 0.227 e. The number of nitrogens with one attached hydrogen (secondary N) is 1. The lowest BCUT2D eigenvalue weighted by Crippen LogP contribution is -2.40. The molecule has 1 fully saturated rings. The Bertz CT molecular complexity index is 1170. The topological polar surface area (TPSA) is 103 Å². The number of rotatable bonds is 7. The lowest BCUT2D eigenvalue weighted by molar-refractivity contribution is -0.123. The van der Waals surface area contributed by atoms with Crippen molar-refractivity contribution in [1.29, 1.82) is 0 Å². The Balaban J connectivity index is 1.45. The molecule has 1 aromatic carbocycles. The van der Waals surface area contributed by atoms with Gasteiger partial charge >= 0.3 is 0 Å². The average Bonchev–Trinajstić information content (AvgIpc) is 3.19. The van der Waals surface area contributed by atoms with Crippen molar-refractivity contribution in [3.8, 4) is 11.5 Å². The molecule has 1 saturated heterocycles. The summed E-state index contributed by atoms with van der Waals surface area (Å²) in [6.07, 6.45) is 3.07. The second-order valence-electron chi connectivity index (χ2n) is 8.25. The van der Waals surface area contributed by atoms with Crippen LogP contribution in [0.15, 0.2) is 45.7 Å². The van der Waals surface area contributed by atoms with Crippen LogP contribution >= 0.6 is 0 Å². The first-order valence-electron chi connectivity index (χ1n) is 10.7. The first kappa shape index (κ1) is 22.0. The number of hydrogen-bond acceptors (Lipinski definition) is 6. The van der Waals surface area contributed by atoms with Crippen molar-refractivity contribution in [1.82, 2.24) is 9.88 Å². The first-order chi connectivity index (χ1) is 15.4. The van der Waals surface area contributed by atoms with Crippen LogP contribution in [0, 0.1) is 6.92 Å². The summed E-state index contributed by atoms with van der Waals surface area (Å²) in [6, 6.07) is 9.15. The predicted molar refractivity (Wildman–Crippen MR) is 119 cm³/mol. The molecule has 0 bridgehead atoms. The van der Waals surface area contributed by atoms with Gasteiger partial charge in [0.25, 0.3) is 0 Å². The summed E-state index contributed by atoms with van der Waals surface area (Å²) in [4.78, 5) is 25.0. The number of fused-ring (bicyclic) bond motifs is 1. The number of amides is 1. The number of aryl methyl sites for hydroxylation is 1. The van der Waals surface area contributed by atoms with Crippen LogP contribution in [-0.4, -0.2) is 42.4 Å². The van der Waals surface area contributed by atoms with Gasteiger partial charge in [0.2, 0.25) is 17.1 Å². The highest BCUT2D eigenvalue weighted by molar-refractivity contribution is 5.81. The SMILES string of the molecule is COc1ccc2c(ccn2CCNC(=O)CC2(c3oc(C)cc(=O)c3O)CCOCC2)c1. The van der Waals surface area contributed by atoms with Crippen molar-refractivity contribution in [3.63, 3.8) is 0 Å². The van der Waals surface area contributed by atoms with Gasteiger partial charge in [0.1, 0.15) is 11.5 Å². The molecule has 0 spiro atoms. The summed E-state index contributed by atoms with van der Waals surface area (Å²) >= 11 is 0. The van der Waals surface area contributed by atoms with Crippen LogP contribution in [0.2, 0.25) is 0 Å². The molecule has 0 radical (unpaired) electrons. The van der Waals surface area contributed by atoms with Gasteiger partial charge in [-0.25, -0.2) is 0 Å². The molecule has 2 N–H and O–H groups in total. The molecule has 3 aromatic rings. The van der Waals surface area contributed by atoms with E-state index in [2.05, 4.69) is 9.88 Å². The van der Waals surface area contributed by atoms with Crippen LogP contribution in [0.4, 0.5) is 0 Å². The average molecular weight is 440 g/mol. The van der Waals surface area contributed by atoms with Gasteiger partial charge in [-0.15, -0.1) is 0 Å². The summed E-state index contributed by atoms with van der Waals surface area (Å²) in [5.41, 5.74) is -0.201. The van der Waals surface area contributed by atoms with Crippen LogP contribution < -0.4 is 15.5 Å². The molecule has 4 rings (SSSR count). The number of aromatic hydroxyl groups is 1. The van der Waals surface area contributed by atoms with E-state index in [1.54, 1.807) is 14.0 Å². The van der Waals surface area contributed by atoms with Gasteiger partial charge in [0.05, 0.1) is 7.11 Å². The van der Waals surface area contributed by atoms with E-state index >= 15 is 0 Å². The largest absolute Gasteiger partial charge is 0.502 e. The van der Waals surface area contributed by atoms with E-state index in [1.165, 1.54) is 6.07 Å². The number of hydrogen-bond donors (Lipinski definition) is 2. The molecule has 1 aliphatic heterocycles. The molecule has 170 valence electrons. The minimum Gasteiger partial charge on any atom is -0.502 e. The molecule has 0 aliphatic carbocycles. The van der Waals surface area contributed by atoms with Gasteiger partial charge in [0.15, 0.2) is 5.76 Å². The zero-order valence-electron chi connectivity index (χ0n) is 18.3. The van der Waals surface area contributed by atoms with Gasteiger partial charge in [-0.2, -0.15) is 0 Å². The summed E-state index contributed by atoms with van der Waals surface area (Å²) in [6.45, 7) is 3.59. The third-order valence-corrected chi connectivity index (χ3v) is 6.13. The minimum absolute atomic E-state index is 0.111. The lowest BCUT2D eigenvalue weighted by atomic mass is 9.74. The second-order valence-corrected chi connectivity index (χ2v) is 8.25. The summed E-state index contributed by atoms with van der Waals surface area (Å²) < 4.78 is 18.6. The van der Waals surface area contributed by atoms with E-state index < -0.39 is 16.6 Å². The quantitative estimate of drug-likeness (QED) is 0.586. The monoisotopic (exact) mass is 440 g/mol. The molecule has 0 atom stereocenters. The van der Waals surface area contributed by atoms with Crippen LogP contribution in [0.25, 0.3) is 10.9 Å². The molecule has 8 nitrogen and oxygen atoms in total. The molecule has 0 unspecified atom stereocenters. The van der Waals surface area contributed by atoms with Crippen molar-refractivity contribution in [2.75, 3.05) is 26.9 Å². The minimum atomic E-state index is -0.770. The van der Waals surface area contributed by atoms with Crippen molar-refractivity contribution in [2.45, 2.75) is 38.1 Å². The fourth-order valence-electron chi connectivity index (χ4n) is 4.40. The number of benzene rings is 1. The van der Waals surface area contributed by atoms with Crippen LogP contribution in [0.5, 0.6) is 11.5 Å².